The van der Waals surface area contributed by atoms with Crippen molar-refractivity contribution in [1.82, 2.24) is 19.9 Å². The molecule has 0 atom stereocenters. The van der Waals surface area contributed by atoms with Gasteiger partial charge in [-0.25, -0.2) is 4.52 Å². The number of rotatable bonds is 5. The number of aryl methyl sites for hydroxylation is 1. The minimum absolute atomic E-state index is 0.181. The minimum Gasteiger partial charge on any atom is -0.352 e. The Morgan fingerprint density at radius 3 is 2.63 bits per heavy atom. The van der Waals surface area contributed by atoms with Crippen LogP contribution in [0.2, 0.25) is 0 Å². The standard InChI is InChI=1S/C21H17F3N4OS/c1-13-3-2-4-15(11-13)18-26-20-28(27-18)17(12-30-20)9-10-25-19(29)14-5-7-16(8-6-14)21(22,23)24/h2-8,11-12H,9-10H2,1H3,(H,25,29). The first-order valence-electron chi connectivity index (χ1n) is 9.17. The van der Waals surface area contributed by atoms with Crippen LogP contribution in [-0.2, 0) is 12.6 Å². The predicted molar refractivity (Wildman–Crippen MR) is 109 cm³/mol. The van der Waals surface area contributed by atoms with Gasteiger partial charge >= 0.3 is 6.18 Å². The van der Waals surface area contributed by atoms with Crippen molar-refractivity contribution in [3.05, 3.63) is 76.3 Å². The Kier molecular flexibility index (Phi) is 5.29. The summed E-state index contributed by atoms with van der Waals surface area (Å²) in [6, 6.07) is 12.1. The van der Waals surface area contributed by atoms with E-state index in [0.29, 0.717) is 18.8 Å². The van der Waals surface area contributed by atoms with Gasteiger partial charge in [0.25, 0.3) is 5.91 Å². The number of fused-ring (bicyclic) bond motifs is 1. The van der Waals surface area contributed by atoms with Crippen LogP contribution >= 0.6 is 11.3 Å². The highest BCUT2D eigenvalue weighted by Gasteiger charge is 2.30. The molecule has 0 aliphatic carbocycles. The van der Waals surface area contributed by atoms with Crippen molar-refractivity contribution in [2.75, 3.05) is 6.54 Å². The summed E-state index contributed by atoms with van der Waals surface area (Å²) in [5, 5.41) is 9.23. The van der Waals surface area contributed by atoms with Gasteiger partial charge in [-0.05, 0) is 37.3 Å². The zero-order valence-corrected chi connectivity index (χ0v) is 16.7. The molecule has 0 radical (unpaired) electrons. The lowest BCUT2D eigenvalue weighted by atomic mass is 10.1. The molecule has 9 heteroatoms. The van der Waals surface area contributed by atoms with Crippen LogP contribution in [0, 0.1) is 6.92 Å². The Balaban J connectivity index is 1.41. The maximum absolute atomic E-state index is 12.6. The van der Waals surface area contributed by atoms with E-state index in [1.165, 1.54) is 23.5 Å². The van der Waals surface area contributed by atoms with Gasteiger partial charge in [0, 0.05) is 29.5 Å². The second-order valence-corrected chi connectivity index (χ2v) is 7.64. The van der Waals surface area contributed by atoms with Crippen LogP contribution in [0.3, 0.4) is 0 Å². The fourth-order valence-electron chi connectivity index (χ4n) is 3.02. The van der Waals surface area contributed by atoms with E-state index in [-0.39, 0.29) is 5.56 Å². The van der Waals surface area contributed by atoms with Crippen molar-refractivity contribution in [3.8, 4) is 11.4 Å². The molecule has 2 heterocycles. The van der Waals surface area contributed by atoms with E-state index >= 15 is 0 Å². The minimum atomic E-state index is -4.42. The normalized spacial score (nSPS) is 11.7. The Hall–Kier alpha value is -3.20. The first-order chi connectivity index (χ1) is 14.3. The predicted octanol–water partition coefficient (Wildman–Crippen LogP) is 4.76. The van der Waals surface area contributed by atoms with Crippen molar-refractivity contribution >= 4 is 22.2 Å². The summed E-state index contributed by atoms with van der Waals surface area (Å²) in [6.07, 6.45) is -3.91. The zero-order chi connectivity index (χ0) is 21.3. The third-order valence-corrected chi connectivity index (χ3v) is 5.43. The van der Waals surface area contributed by atoms with Crippen LogP contribution in [-0.4, -0.2) is 27.0 Å². The SMILES string of the molecule is Cc1cccc(-c2nc3scc(CCNC(=O)c4ccc(C(F)(F)F)cc4)n3n2)c1. The molecule has 2 aromatic carbocycles. The van der Waals surface area contributed by atoms with E-state index in [1.54, 1.807) is 4.52 Å². The average molecular weight is 430 g/mol. The molecule has 0 spiro atoms. The van der Waals surface area contributed by atoms with Crippen molar-refractivity contribution in [3.63, 3.8) is 0 Å². The van der Waals surface area contributed by atoms with Gasteiger partial charge in [-0.2, -0.15) is 18.2 Å². The molecule has 154 valence electrons. The summed E-state index contributed by atoms with van der Waals surface area (Å²) in [4.78, 5) is 17.5. The van der Waals surface area contributed by atoms with Gasteiger partial charge < -0.3 is 5.32 Å². The van der Waals surface area contributed by atoms with Gasteiger partial charge in [0.05, 0.1) is 11.3 Å². The number of alkyl halides is 3. The molecule has 0 saturated carbocycles. The molecule has 0 bridgehead atoms. The first-order valence-corrected chi connectivity index (χ1v) is 10.0. The van der Waals surface area contributed by atoms with E-state index in [0.717, 1.165) is 33.9 Å². The molecule has 0 aliphatic heterocycles. The summed E-state index contributed by atoms with van der Waals surface area (Å²) >= 11 is 1.46. The topological polar surface area (TPSA) is 59.3 Å². The summed E-state index contributed by atoms with van der Waals surface area (Å²) in [5.74, 6) is 0.217. The molecule has 1 amide bonds. The van der Waals surface area contributed by atoms with Gasteiger partial charge in [-0.1, -0.05) is 23.8 Å². The first kappa shape index (κ1) is 20.1. The van der Waals surface area contributed by atoms with Gasteiger partial charge in [-0.15, -0.1) is 16.4 Å². The number of nitrogens with one attached hydrogen (secondary N) is 1. The largest absolute Gasteiger partial charge is 0.416 e. The summed E-state index contributed by atoms with van der Waals surface area (Å²) in [6.45, 7) is 2.33. The Bertz CT molecular complexity index is 1200. The lowest BCUT2D eigenvalue weighted by Crippen LogP contribution is -2.26. The molecule has 1 N–H and O–H groups in total. The number of hydrogen-bond acceptors (Lipinski definition) is 4. The van der Waals surface area contributed by atoms with Crippen molar-refractivity contribution < 1.29 is 18.0 Å². The van der Waals surface area contributed by atoms with E-state index in [1.807, 2.05) is 36.6 Å². The van der Waals surface area contributed by atoms with E-state index in [9.17, 15) is 18.0 Å². The number of thiazole rings is 1. The number of nitrogens with zero attached hydrogens (tertiary/aromatic N) is 3. The number of benzene rings is 2. The molecule has 5 nitrogen and oxygen atoms in total. The Morgan fingerprint density at radius 1 is 1.17 bits per heavy atom. The van der Waals surface area contributed by atoms with Gasteiger partial charge in [0.1, 0.15) is 0 Å². The quantitative estimate of drug-likeness (QED) is 0.497. The Labute approximate surface area is 174 Å². The second-order valence-electron chi connectivity index (χ2n) is 6.81. The Morgan fingerprint density at radius 2 is 1.93 bits per heavy atom. The van der Waals surface area contributed by atoms with E-state index in [2.05, 4.69) is 15.4 Å². The van der Waals surface area contributed by atoms with Crippen LogP contribution in [0.25, 0.3) is 16.3 Å². The molecule has 4 aromatic rings. The summed E-state index contributed by atoms with van der Waals surface area (Å²) in [5.41, 5.74) is 2.36. The van der Waals surface area contributed by atoms with Crippen LogP contribution in [0.1, 0.15) is 27.2 Å². The van der Waals surface area contributed by atoms with Crippen molar-refractivity contribution in [2.24, 2.45) is 0 Å². The number of halogens is 3. The fraction of sp³-hybridized carbons (Fsp3) is 0.190. The number of aromatic nitrogens is 3. The second kappa shape index (κ2) is 7.91. The summed E-state index contributed by atoms with van der Waals surface area (Å²) < 4.78 is 39.6. The molecule has 0 aliphatic rings. The van der Waals surface area contributed by atoms with Gasteiger partial charge in [0.2, 0.25) is 4.96 Å². The molecule has 4 rings (SSSR count). The van der Waals surface area contributed by atoms with Crippen molar-refractivity contribution in [1.29, 1.82) is 0 Å². The van der Waals surface area contributed by atoms with Crippen LogP contribution in [0.4, 0.5) is 13.2 Å². The molecule has 0 unspecified atom stereocenters. The van der Waals surface area contributed by atoms with Crippen LogP contribution < -0.4 is 5.32 Å². The smallest absolute Gasteiger partial charge is 0.352 e. The highest BCUT2D eigenvalue weighted by atomic mass is 32.1. The average Bonchev–Trinajstić information content (AvgIpc) is 3.29. The molecule has 30 heavy (non-hydrogen) atoms. The van der Waals surface area contributed by atoms with Crippen LogP contribution in [0.5, 0.6) is 0 Å². The maximum Gasteiger partial charge on any atom is 0.416 e. The van der Waals surface area contributed by atoms with E-state index < -0.39 is 17.6 Å². The fourth-order valence-corrected chi connectivity index (χ4v) is 3.88. The molecular formula is C21H17F3N4OS. The van der Waals surface area contributed by atoms with Crippen molar-refractivity contribution in [2.45, 2.75) is 19.5 Å². The number of hydrogen-bond donors (Lipinski definition) is 1. The zero-order valence-electron chi connectivity index (χ0n) is 15.9. The summed E-state index contributed by atoms with van der Waals surface area (Å²) in [7, 11) is 0. The van der Waals surface area contributed by atoms with Gasteiger partial charge in [0.15, 0.2) is 5.82 Å². The third kappa shape index (κ3) is 4.20. The van der Waals surface area contributed by atoms with Crippen LogP contribution in [0.15, 0.2) is 53.9 Å². The van der Waals surface area contributed by atoms with E-state index in [4.69, 9.17) is 0 Å². The highest BCUT2D eigenvalue weighted by Crippen LogP contribution is 2.29. The third-order valence-electron chi connectivity index (χ3n) is 4.57. The van der Waals surface area contributed by atoms with Gasteiger partial charge in [-0.3, -0.25) is 4.79 Å². The molecule has 0 fully saturated rings. The highest BCUT2D eigenvalue weighted by molar-refractivity contribution is 7.15. The number of amides is 1. The lowest BCUT2D eigenvalue weighted by Gasteiger charge is -2.08. The molecule has 0 saturated heterocycles. The lowest BCUT2D eigenvalue weighted by molar-refractivity contribution is -0.137. The number of carbonyl (C=O) groups is 1. The molecular weight excluding hydrogens is 413 g/mol. The monoisotopic (exact) mass is 430 g/mol. The number of carbonyl (C=O) groups excluding carboxylic acids is 1. The molecule has 2 aromatic heterocycles. The maximum atomic E-state index is 12.6.